The number of carbonyl (C=O) groups is 2. The van der Waals surface area contributed by atoms with Crippen LogP contribution in [0.5, 0.6) is 0 Å². The van der Waals surface area contributed by atoms with Crippen LogP contribution in [0.15, 0.2) is 0 Å². The SMILES string of the molecule is O=C(O)C1COCCN1C(=O)NC1CCCCCC1O. The molecule has 2 amide bonds. The Morgan fingerprint density at radius 1 is 1.20 bits per heavy atom. The molecule has 20 heavy (non-hydrogen) atoms. The Balaban J connectivity index is 1.96. The standard InChI is InChI=1S/C13H22N2O5/c16-11-5-3-1-2-4-9(11)14-13(19)15-6-7-20-8-10(15)12(17)18/h9-11,16H,1-8H2,(H,14,19)(H,17,18). The third kappa shape index (κ3) is 3.61. The van der Waals surface area contributed by atoms with E-state index in [1.807, 2.05) is 0 Å². The minimum atomic E-state index is -1.07. The molecular weight excluding hydrogens is 264 g/mol. The predicted octanol–water partition coefficient (Wildman–Crippen LogP) is 0.175. The molecule has 1 saturated heterocycles. The van der Waals surface area contributed by atoms with Gasteiger partial charge in [0.15, 0.2) is 6.04 Å². The fraction of sp³-hybridized carbons (Fsp3) is 0.846. The maximum absolute atomic E-state index is 12.2. The summed E-state index contributed by atoms with van der Waals surface area (Å²) in [6, 6.07) is -1.67. The van der Waals surface area contributed by atoms with Crippen LogP contribution >= 0.6 is 0 Å². The highest BCUT2D eigenvalue weighted by atomic mass is 16.5. The monoisotopic (exact) mass is 286 g/mol. The van der Waals surface area contributed by atoms with Crippen LogP contribution in [0.1, 0.15) is 32.1 Å². The fourth-order valence-corrected chi connectivity index (χ4v) is 2.75. The Morgan fingerprint density at radius 2 is 1.95 bits per heavy atom. The molecule has 0 bridgehead atoms. The van der Waals surface area contributed by atoms with E-state index in [1.54, 1.807) is 0 Å². The maximum Gasteiger partial charge on any atom is 0.328 e. The lowest BCUT2D eigenvalue weighted by atomic mass is 10.1. The van der Waals surface area contributed by atoms with E-state index < -0.39 is 24.1 Å². The van der Waals surface area contributed by atoms with Crippen molar-refractivity contribution in [2.24, 2.45) is 0 Å². The molecule has 7 nitrogen and oxygen atoms in total. The van der Waals surface area contributed by atoms with E-state index >= 15 is 0 Å². The van der Waals surface area contributed by atoms with Crippen LogP contribution in [0, 0.1) is 0 Å². The number of aliphatic hydroxyl groups excluding tert-OH is 1. The molecular formula is C13H22N2O5. The van der Waals surface area contributed by atoms with Crippen molar-refractivity contribution in [1.29, 1.82) is 0 Å². The van der Waals surface area contributed by atoms with Gasteiger partial charge in [0.1, 0.15) is 0 Å². The number of carbonyl (C=O) groups excluding carboxylic acids is 1. The van der Waals surface area contributed by atoms with Crippen LogP contribution in [-0.2, 0) is 9.53 Å². The summed E-state index contributed by atoms with van der Waals surface area (Å²) in [7, 11) is 0. The summed E-state index contributed by atoms with van der Waals surface area (Å²) in [5.74, 6) is -1.07. The van der Waals surface area contributed by atoms with Crippen LogP contribution in [0.2, 0.25) is 0 Å². The molecule has 0 aromatic carbocycles. The second kappa shape index (κ2) is 6.90. The Kier molecular flexibility index (Phi) is 5.19. The van der Waals surface area contributed by atoms with E-state index in [-0.39, 0.29) is 19.2 Å². The van der Waals surface area contributed by atoms with Crippen molar-refractivity contribution in [3.8, 4) is 0 Å². The minimum absolute atomic E-state index is 0.00989. The first kappa shape index (κ1) is 15.1. The third-order valence-electron chi connectivity index (χ3n) is 3.96. The average molecular weight is 286 g/mol. The molecule has 2 fully saturated rings. The van der Waals surface area contributed by atoms with Crippen LogP contribution in [0.3, 0.4) is 0 Å². The van der Waals surface area contributed by atoms with Crippen molar-refractivity contribution < 1.29 is 24.5 Å². The third-order valence-corrected chi connectivity index (χ3v) is 3.96. The van der Waals surface area contributed by atoms with Gasteiger partial charge < -0.3 is 25.2 Å². The number of nitrogens with one attached hydrogen (secondary N) is 1. The number of carboxylic acids is 1. The van der Waals surface area contributed by atoms with Gasteiger partial charge in [0, 0.05) is 6.54 Å². The van der Waals surface area contributed by atoms with Gasteiger partial charge in [-0.1, -0.05) is 19.3 Å². The van der Waals surface area contributed by atoms with Crippen molar-refractivity contribution in [3.63, 3.8) is 0 Å². The van der Waals surface area contributed by atoms with Gasteiger partial charge in [-0.2, -0.15) is 0 Å². The van der Waals surface area contributed by atoms with Crippen molar-refractivity contribution in [2.45, 2.75) is 50.3 Å². The number of aliphatic carboxylic acids is 1. The lowest BCUT2D eigenvalue weighted by Crippen LogP contribution is -2.58. The summed E-state index contributed by atoms with van der Waals surface area (Å²) in [5, 5.41) is 21.9. The van der Waals surface area contributed by atoms with E-state index in [2.05, 4.69) is 5.32 Å². The normalized spacial score (nSPS) is 31.4. The first-order chi connectivity index (χ1) is 9.59. The molecule has 3 N–H and O–H groups in total. The van der Waals surface area contributed by atoms with E-state index in [9.17, 15) is 14.7 Å². The summed E-state index contributed by atoms with van der Waals surface area (Å²) in [6.07, 6.45) is 3.84. The fourth-order valence-electron chi connectivity index (χ4n) is 2.75. The zero-order chi connectivity index (χ0) is 14.5. The van der Waals surface area contributed by atoms with Crippen LogP contribution in [-0.4, -0.2) is 65.1 Å². The van der Waals surface area contributed by atoms with E-state index in [4.69, 9.17) is 9.84 Å². The number of urea groups is 1. The van der Waals surface area contributed by atoms with Gasteiger partial charge in [-0.05, 0) is 12.8 Å². The Hall–Kier alpha value is -1.34. The van der Waals surface area contributed by atoms with Gasteiger partial charge in [-0.25, -0.2) is 9.59 Å². The van der Waals surface area contributed by atoms with E-state index in [0.717, 1.165) is 25.7 Å². The van der Waals surface area contributed by atoms with Crippen molar-refractivity contribution in [3.05, 3.63) is 0 Å². The van der Waals surface area contributed by atoms with Crippen LogP contribution in [0.4, 0.5) is 4.79 Å². The molecule has 114 valence electrons. The quantitative estimate of drug-likeness (QED) is 0.629. The largest absolute Gasteiger partial charge is 0.480 e. The molecule has 7 heteroatoms. The summed E-state index contributed by atoms with van der Waals surface area (Å²) in [5.41, 5.74) is 0. The smallest absolute Gasteiger partial charge is 0.328 e. The second-order valence-corrected chi connectivity index (χ2v) is 5.38. The lowest BCUT2D eigenvalue weighted by Gasteiger charge is -2.34. The number of rotatable bonds is 2. The summed E-state index contributed by atoms with van der Waals surface area (Å²) >= 11 is 0. The number of morpholine rings is 1. The van der Waals surface area contributed by atoms with Crippen LogP contribution < -0.4 is 5.32 Å². The molecule has 1 aliphatic heterocycles. The van der Waals surface area contributed by atoms with E-state index in [0.29, 0.717) is 13.0 Å². The summed E-state index contributed by atoms with van der Waals surface area (Å²) < 4.78 is 5.10. The van der Waals surface area contributed by atoms with Gasteiger partial charge in [-0.15, -0.1) is 0 Å². The number of carboxylic acid groups (broad SMARTS) is 1. The first-order valence-corrected chi connectivity index (χ1v) is 7.15. The molecule has 3 atom stereocenters. The highest BCUT2D eigenvalue weighted by molar-refractivity contribution is 5.83. The van der Waals surface area contributed by atoms with Gasteiger partial charge in [-0.3, -0.25) is 0 Å². The minimum Gasteiger partial charge on any atom is -0.480 e. The first-order valence-electron chi connectivity index (χ1n) is 7.15. The van der Waals surface area contributed by atoms with E-state index in [1.165, 1.54) is 4.90 Å². The molecule has 1 heterocycles. The van der Waals surface area contributed by atoms with Gasteiger partial charge >= 0.3 is 12.0 Å². The van der Waals surface area contributed by atoms with Crippen LogP contribution in [0.25, 0.3) is 0 Å². The molecule has 0 spiro atoms. The molecule has 3 unspecified atom stereocenters. The maximum atomic E-state index is 12.2. The number of hydrogen-bond acceptors (Lipinski definition) is 4. The number of nitrogens with zero attached hydrogens (tertiary/aromatic N) is 1. The Labute approximate surface area is 117 Å². The molecule has 0 aromatic rings. The average Bonchev–Trinajstić information content (AvgIpc) is 2.64. The number of ether oxygens (including phenoxy) is 1. The second-order valence-electron chi connectivity index (χ2n) is 5.38. The van der Waals surface area contributed by atoms with Crippen molar-refractivity contribution >= 4 is 12.0 Å². The lowest BCUT2D eigenvalue weighted by molar-refractivity contribution is -0.147. The zero-order valence-electron chi connectivity index (χ0n) is 11.5. The molecule has 0 aromatic heterocycles. The van der Waals surface area contributed by atoms with Crippen molar-refractivity contribution in [2.75, 3.05) is 19.8 Å². The highest BCUT2D eigenvalue weighted by Gasteiger charge is 2.34. The highest BCUT2D eigenvalue weighted by Crippen LogP contribution is 2.18. The molecule has 2 rings (SSSR count). The molecule has 2 aliphatic rings. The van der Waals surface area contributed by atoms with Gasteiger partial charge in [0.25, 0.3) is 0 Å². The van der Waals surface area contributed by atoms with Gasteiger partial charge in [0.05, 0.1) is 25.4 Å². The Bertz CT molecular complexity index is 363. The number of amides is 2. The summed E-state index contributed by atoms with van der Waals surface area (Å²) in [4.78, 5) is 24.6. The molecule has 0 radical (unpaired) electrons. The molecule has 1 saturated carbocycles. The molecule has 1 aliphatic carbocycles. The number of hydrogen-bond donors (Lipinski definition) is 3. The summed E-state index contributed by atoms with van der Waals surface area (Å²) in [6.45, 7) is 0.603. The predicted molar refractivity (Wildman–Crippen MR) is 70.4 cm³/mol. The van der Waals surface area contributed by atoms with Crippen molar-refractivity contribution in [1.82, 2.24) is 10.2 Å². The van der Waals surface area contributed by atoms with Gasteiger partial charge in [0.2, 0.25) is 0 Å². The topological polar surface area (TPSA) is 99.1 Å². The number of aliphatic hydroxyl groups is 1. The Morgan fingerprint density at radius 3 is 2.70 bits per heavy atom. The zero-order valence-corrected chi connectivity index (χ0v) is 11.5.